The van der Waals surface area contributed by atoms with Crippen molar-refractivity contribution in [3.05, 3.63) is 35.9 Å². The zero-order chi connectivity index (χ0) is 17.1. The molecule has 0 fully saturated rings. The molecule has 126 valence electrons. The van der Waals surface area contributed by atoms with E-state index in [4.69, 9.17) is 0 Å². The third-order valence-corrected chi connectivity index (χ3v) is 4.10. The molecular formula is C17H23NO4S. The lowest BCUT2D eigenvalue weighted by atomic mass is 9.93. The summed E-state index contributed by atoms with van der Waals surface area (Å²) in [6.07, 6.45) is 3.22. The van der Waals surface area contributed by atoms with Crippen molar-refractivity contribution in [3.8, 4) is 0 Å². The maximum atomic E-state index is 12.2. The van der Waals surface area contributed by atoms with E-state index < -0.39 is 11.8 Å². The normalized spacial score (nSPS) is 11.7. The molecule has 1 aromatic carbocycles. The quantitative estimate of drug-likeness (QED) is 0.280. The van der Waals surface area contributed by atoms with Gasteiger partial charge in [-0.15, -0.1) is 0 Å². The van der Waals surface area contributed by atoms with Gasteiger partial charge in [0.25, 0.3) is 0 Å². The van der Waals surface area contributed by atoms with Gasteiger partial charge in [-0.1, -0.05) is 36.8 Å². The first kappa shape index (κ1) is 19.4. The average Bonchev–Trinajstić information content (AvgIpc) is 2.59. The molecule has 0 saturated heterocycles. The van der Waals surface area contributed by atoms with E-state index in [1.165, 1.54) is 0 Å². The molecule has 0 aliphatic heterocycles. The SMILES string of the molecule is NOC(=O)C(=O)CCCCCC(=O)C(CS)Cc1ccccc1. The van der Waals surface area contributed by atoms with E-state index in [0.717, 1.165) is 5.56 Å². The molecule has 0 aliphatic rings. The Labute approximate surface area is 141 Å². The summed E-state index contributed by atoms with van der Waals surface area (Å²) in [5.41, 5.74) is 1.13. The Morgan fingerprint density at radius 1 is 1.04 bits per heavy atom. The number of hydrogen-bond acceptors (Lipinski definition) is 6. The second-order valence-corrected chi connectivity index (χ2v) is 5.79. The average molecular weight is 337 g/mol. The Morgan fingerprint density at radius 2 is 1.70 bits per heavy atom. The van der Waals surface area contributed by atoms with Crippen LogP contribution in [0, 0.1) is 5.92 Å². The number of Topliss-reactive ketones (excluding diaryl/α,β-unsaturated/α-hetero) is 2. The van der Waals surface area contributed by atoms with Gasteiger partial charge in [0.05, 0.1) is 0 Å². The zero-order valence-corrected chi connectivity index (χ0v) is 14.0. The lowest BCUT2D eigenvalue weighted by Crippen LogP contribution is -2.20. The van der Waals surface area contributed by atoms with Crippen molar-refractivity contribution in [3.63, 3.8) is 0 Å². The van der Waals surface area contributed by atoms with Crippen LogP contribution in [0.15, 0.2) is 30.3 Å². The lowest BCUT2D eigenvalue weighted by molar-refractivity contribution is -0.154. The Hall–Kier alpha value is -1.66. The van der Waals surface area contributed by atoms with Crippen LogP contribution in [0.1, 0.15) is 37.7 Å². The molecule has 0 saturated carbocycles. The highest BCUT2D eigenvalue weighted by Crippen LogP contribution is 2.15. The van der Waals surface area contributed by atoms with Gasteiger partial charge in [-0.25, -0.2) is 4.79 Å². The van der Waals surface area contributed by atoms with Crippen molar-refractivity contribution >= 4 is 30.2 Å². The van der Waals surface area contributed by atoms with Crippen molar-refractivity contribution in [1.82, 2.24) is 0 Å². The van der Waals surface area contributed by atoms with Crippen molar-refractivity contribution in [2.45, 2.75) is 38.5 Å². The molecule has 0 amide bonds. The van der Waals surface area contributed by atoms with Crippen LogP contribution in [0.4, 0.5) is 0 Å². The largest absolute Gasteiger partial charge is 0.393 e. The van der Waals surface area contributed by atoms with Crippen LogP contribution in [-0.2, 0) is 25.6 Å². The van der Waals surface area contributed by atoms with Gasteiger partial charge in [-0.05, 0) is 24.8 Å². The Kier molecular flexibility index (Phi) is 9.24. The smallest absolute Gasteiger partial charge is 0.367 e. The number of ketones is 2. The number of unbranched alkanes of at least 4 members (excludes halogenated alkanes) is 2. The summed E-state index contributed by atoms with van der Waals surface area (Å²) >= 11 is 4.28. The third kappa shape index (κ3) is 7.43. The number of hydrogen-bond donors (Lipinski definition) is 2. The van der Waals surface area contributed by atoms with E-state index in [1.54, 1.807) is 0 Å². The van der Waals surface area contributed by atoms with Gasteiger partial charge in [-0.3, -0.25) is 9.59 Å². The molecule has 2 N–H and O–H groups in total. The minimum absolute atomic E-state index is 0.0883. The van der Waals surface area contributed by atoms with E-state index >= 15 is 0 Å². The third-order valence-electron chi connectivity index (χ3n) is 3.66. The number of rotatable bonds is 11. The van der Waals surface area contributed by atoms with Crippen LogP contribution in [0.25, 0.3) is 0 Å². The molecule has 0 bridgehead atoms. The minimum Gasteiger partial charge on any atom is -0.367 e. The predicted octanol–water partition coefficient (Wildman–Crippen LogP) is 2.28. The molecule has 23 heavy (non-hydrogen) atoms. The Bertz CT molecular complexity index is 519. The first-order valence-corrected chi connectivity index (χ1v) is 8.33. The number of thiol groups is 1. The molecule has 1 rings (SSSR count). The number of carbonyl (C=O) groups excluding carboxylic acids is 3. The van der Waals surface area contributed by atoms with Crippen LogP contribution < -0.4 is 5.90 Å². The van der Waals surface area contributed by atoms with E-state index in [2.05, 4.69) is 23.4 Å². The fourth-order valence-electron chi connectivity index (χ4n) is 2.31. The summed E-state index contributed by atoms with van der Waals surface area (Å²) < 4.78 is 0. The summed E-state index contributed by atoms with van der Waals surface area (Å²) in [6, 6.07) is 9.87. The lowest BCUT2D eigenvalue weighted by Gasteiger charge is -2.13. The van der Waals surface area contributed by atoms with Crippen molar-refractivity contribution in [2.24, 2.45) is 11.8 Å². The van der Waals surface area contributed by atoms with Crippen molar-refractivity contribution in [2.75, 3.05) is 5.75 Å². The van der Waals surface area contributed by atoms with Gasteiger partial charge in [0.15, 0.2) is 0 Å². The summed E-state index contributed by atoms with van der Waals surface area (Å²) in [4.78, 5) is 38.1. The molecule has 0 spiro atoms. The number of benzene rings is 1. The zero-order valence-electron chi connectivity index (χ0n) is 13.1. The van der Waals surface area contributed by atoms with Crippen LogP contribution >= 0.6 is 12.6 Å². The first-order chi connectivity index (χ1) is 11.1. The highest BCUT2D eigenvalue weighted by molar-refractivity contribution is 7.80. The van der Waals surface area contributed by atoms with Gasteiger partial charge in [-0.2, -0.15) is 18.5 Å². The molecule has 0 heterocycles. The molecule has 1 atom stereocenters. The Morgan fingerprint density at radius 3 is 2.30 bits per heavy atom. The van der Waals surface area contributed by atoms with Crippen LogP contribution in [0.5, 0.6) is 0 Å². The number of carbonyl (C=O) groups is 3. The summed E-state index contributed by atoms with van der Waals surface area (Å²) in [5, 5.41) is 0. The minimum atomic E-state index is -1.01. The standard InChI is InChI=1S/C17H23NO4S/c18-22-17(21)16(20)10-6-2-5-9-15(19)14(12-23)11-13-7-3-1-4-8-13/h1,3-4,7-8,14,23H,2,5-6,9-12,18H2. The molecule has 1 aromatic rings. The van der Waals surface area contributed by atoms with Gasteiger partial charge in [0.1, 0.15) is 5.78 Å². The van der Waals surface area contributed by atoms with Crippen molar-refractivity contribution < 1.29 is 19.2 Å². The van der Waals surface area contributed by atoms with Gasteiger partial charge in [0.2, 0.25) is 5.78 Å². The molecule has 0 aromatic heterocycles. The highest BCUT2D eigenvalue weighted by atomic mass is 32.1. The molecule has 0 aliphatic carbocycles. The molecular weight excluding hydrogens is 314 g/mol. The first-order valence-electron chi connectivity index (χ1n) is 7.69. The maximum absolute atomic E-state index is 12.2. The van der Waals surface area contributed by atoms with E-state index in [-0.39, 0.29) is 18.1 Å². The summed E-state index contributed by atoms with van der Waals surface area (Å²) in [5.74, 6) is 3.61. The molecule has 6 heteroatoms. The fourth-order valence-corrected chi connectivity index (χ4v) is 2.65. The number of nitrogens with two attached hydrogens (primary N) is 1. The van der Waals surface area contributed by atoms with Gasteiger partial charge in [0, 0.05) is 24.5 Å². The van der Waals surface area contributed by atoms with E-state index in [0.29, 0.717) is 37.9 Å². The topological polar surface area (TPSA) is 86.5 Å². The van der Waals surface area contributed by atoms with Crippen LogP contribution in [0.3, 0.4) is 0 Å². The molecule has 1 unspecified atom stereocenters. The summed E-state index contributed by atoms with van der Waals surface area (Å²) in [6.45, 7) is 0. The highest BCUT2D eigenvalue weighted by Gasteiger charge is 2.17. The Balaban J connectivity index is 2.26. The van der Waals surface area contributed by atoms with Crippen molar-refractivity contribution in [1.29, 1.82) is 0 Å². The monoisotopic (exact) mass is 337 g/mol. The van der Waals surface area contributed by atoms with Crippen LogP contribution in [-0.4, -0.2) is 23.3 Å². The van der Waals surface area contributed by atoms with E-state index in [1.807, 2.05) is 30.3 Å². The predicted molar refractivity (Wildman–Crippen MR) is 90.9 cm³/mol. The summed E-state index contributed by atoms with van der Waals surface area (Å²) in [7, 11) is 0. The maximum Gasteiger partial charge on any atom is 0.393 e. The van der Waals surface area contributed by atoms with Gasteiger partial charge < -0.3 is 4.84 Å². The second kappa shape index (κ2) is 11.0. The van der Waals surface area contributed by atoms with Crippen LogP contribution in [0.2, 0.25) is 0 Å². The fraction of sp³-hybridized carbons (Fsp3) is 0.471. The van der Waals surface area contributed by atoms with Gasteiger partial charge >= 0.3 is 5.97 Å². The van der Waals surface area contributed by atoms with E-state index in [9.17, 15) is 14.4 Å². The second-order valence-electron chi connectivity index (χ2n) is 5.42. The molecule has 5 nitrogen and oxygen atoms in total. The molecule has 0 radical (unpaired) electrons.